The van der Waals surface area contributed by atoms with Crippen molar-refractivity contribution in [1.82, 2.24) is 0 Å². The highest BCUT2D eigenvalue weighted by molar-refractivity contribution is 4.99. The van der Waals surface area contributed by atoms with Crippen LogP contribution >= 0.6 is 0 Å². The molecule has 2 heteroatoms. The Balaban J connectivity index is 2.59. The smallest absolute Gasteiger partial charge is 0.0805 e. The lowest BCUT2D eigenvalue weighted by atomic mass is 9.70. The topological polar surface area (TPSA) is 44.0 Å². The summed E-state index contributed by atoms with van der Waals surface area (Å²) < 4.78 is 0. The molecule has 0 spiro atoms. The van der Waals surface area contributed by atoms with Crippen molar-refractivity contribution in [2.75, 3.05) is 0 Å². The van der Waals surface area contributed by atoms with Crippen LogP contribution in [-0.2, 0) is 0 Å². The van der Waals surface area contributed by atoms with E-state index in [1.54, 1.807) is 0 Å². The average Bonchev–Trinajstić information content (AvgIpc) is 2.15. The van der Waals surface area contributed by atoms with Gasteiger partial charge in [-0.1, -0.05) is 26.7 Å². The van der Waals surface area contributed by atoms with Gasteiger partial charge >= 0.3 is 0 Å². The SMILES string of the molecule is CC(C)CC1CCCC(O)(C(C)C#N)C1. The molecule has 1 N–H and O–H groups in total. The van der Waals surface area contributed by atoms with E-state index in [-0.39, 0.29) is 5.92 Å². The summed E-state index contributed by atoms with van der Waals surface area (Å²) in [5.41, 5.74) is -0.716. The molecule has 1 rings (SSSR count). The van der Waals surface area contributed by atoms with E-state index < -0.39 is 5.60 Å². The maximum absolute atomic E-state index is 10.4. The van der Waals surface area contributed by atoms with Crippen molar-refractivity contribution in [3.8, 4) is 6.07 Å². The largest absolute Gasteiger partial charge is 0.389 e. The molecule has 0 amide bonds. The predicted octanol–water partition coefficient (Wildman–Crippen LogP) is 3.11. The summed E-state index contributed by atoms with van der Waals surface area (Å²) in [5.74, 6) is 1.07. The Morgan fingerprint density at radius 1 is 1.47 bits per heavy atom. The lowest BCUT2D eigenvalue weighted by Crippen LogP contribution is -2.41. The van der Waals surface area contributed by atoms with E-state index >= 15 is 0 Å². The molecule has 1 fully saturated rings. The highest BCUT2D eigenvalue weighted by Crippen LogP contribution is 2.39. The third-order valence-electron chi connectivity index (χ3n) is 3.67. The minimum absolute atomic E-state index is 0.229. The maximum Gasteiger partial charge on any atom is 0.0805 e. The van der Waals surface area contributed by atoms with Gasteiger partial charge < -0.3 is 5.11 Å². The standard InChI is InChI=1S/C13H23NO/c1-10(2)7-12-5-4-6-13(15,8-12)11(3)9-14/h10-12,15H,4-8H2,1-3H3. The molecule has 0 heterocycles. The summed E-state index contributed by atoms with van der Waals surface area (Å²) in [6.45, 7) is 6.29. The van der Waals surface area contributed by atoms with Crippen LogP contribution < -0.4 is 0 Å². The summed E-state index contributed by atoms with van der Waals surface area (Å²) in [6.07, 6.45) is 5.09. The van der Waals surface area contributed by atoms with Gasteiger partial charge in [0, 0.05) is 0 Å². The Labute approximate surface area is 93.3 Å². The van der Waals surface area contributed by atoms with Gasteiger partial charge in [0.25, 0.3) is 0 Å². The van der Waals surface area contributed by atoms with Crippen LogP contribution in [0.2, 0.25) is 0 Å². The zero-order valence-electron chi connectivity index (χ0n) is 10.2. The zero-order valence-corrected chi connectivity index (χ0v) is 10.2. The fraction of sp³-hybridized carbons (Fsp3) is 0.923. The van der Waals surface area contributed by atoms with Crippen molar-refractivity contribution in [3.63, 3.8) is 0 Å². The van der Waals surface area contributed by atoms with Crippen LogP contribution in [0.15, 0.2) is 0 Å². The number of aliphatic hydroxyl groups is 1. The number of nitrogens with zero attached hydrogens (tertiary/aromatic N) is 1. The van der Waals surface area contributed by atoms with Crippen LogP contribution in [0.3, 0.4) is 0 Å². The monoisotopic (exact) mass is 209 g/mol. The van der Waals surface area contributed by atoms with Crippen LogP contribution in [0, 0.1) is 29.1 Å². The van der Waals surface area contributed by atoms with Crippen LogP contribution in [-0.4, -0.2) is 10.7 Å². The van der Waals surface area contributed by atoms with Gasteiger partial charge in [-0.15, -0.1) is 0 Å². The minimum Gasteiger partial charge on any atom is -0.389 e. The van der Waals surface area contributed by atoms with Crippen molar-refractivity contribution in [2.24, 2.45) is 17.8 Å². The van der Waals surface area contributed by atoms with Crippen LogP contribution in [0.5, 0.6) is 0 Å². The summed E-state index contributed by atoms with van der Waals surface area (Å²) in [6, 6.07) is 2.20. The highest BCUT2D eigenvalue weighted by Gasteiger charge is 2.39. The first-order chi connectivity index (χ1) is 6.98. The summed E-state index contributed by atoms with van der Waals surface area (Å²) in [5, 5.41) is 19.3. The van der Waals surface area contributed by atoms with Gasteiger partial charge in [-0.25, -0.2) is 0 Å². The third kappa shape index (κ3) is 3.21. The number of nitriles is 1. The first kappa shape index (κ1) is 12.5. The van der Waals surface area contributed by atoms with E-state index in [9.17, 15) is 5.11 Å². The second kappa shape index (κ2) is 4.99. The molecule has 3 atom stereocenters. The van der Waals surface area contributed by atoms with E-state index in [4.69, 9.17) is 5.26 Å². The van der Waals surface area contributed by atoms with Crippen LogP contribution in [0.25, 0.3) is 0 Å². The van der Waals surface area contributed by atoms with E-state index in [0.717, 1.165) is 19.3 Å². The van der Waals surface area contributed by atoms with Crippen LogP contribution in [0.1, 0.15) is 52.9 Å². The Morgan fingerprint density at radius 2 is 2.13 bits per heavy atom. The van der Waals surface area contributed by atoms with Gasteiger partial charge in [-0.2, -0.15) is 5.26 Å². The zero-order chi connectivity index (χ0) is 11.5. The molecule has 86 valence electrons. The van der Waals surface area contributed by atoms with E-state index in [1.807, 2.05) is 6.92 Å². The molecule has 2 nitrogen and oxygen atoms in total. The van der Waals surface area contributed by atoms with Gasteiger partial charge in [0.15, 0.2) is 0 Å². The lowest BCUT2D eigenvalue weighted by Gasteiger charge is -2.39. The molecule has 3 unspecified atom stereocenters. The summed E-state index contributed by atoms with van der Waals surface area (Å²) in [4.78, 5) is 0. The second-order valence-corrected chi connectivity index (χ2v) is 5.55. The van der Waals surface area contributed by atoms with E-state index in [1.165, 1.54) is 12.8 Å². The molecule has 1 aliphatic rings. The Kier molecular flexibility index (Phi) is 4.16. The molecule has 1 saturated carbocycles. The molecule has 15 heavy (non-hydrogen) atoms. The summed E-state index contributed by atoms with van der Waals surface area (Å²) >= 11 is 0. The van der Waals surface area contributed by atoms with Gasteiger partial charge in [0.1, 0.15) is 0 Å². The Hall–Kier alpha value is -0.550. The van der Waals surface area contributed by atoms with E-state index in [0.29, 0.717) is 11.8 Å². The van der Waals surface area contributed by atoms with Gasteiger partial charge in [0.2, 0.25) is 0 Å². The van der Waals surface area contributed by atoms with Crippen molar-refractivity contribution < 1.29 is 5.11 Å². The lowest BCUT2D eigenvalue weighted by molar-refractivity contribution is -0.0456. The molecular formula is C13H23NO. The maximum atomic E-state index is 10.4. The van der Waals surface area contributed by atoms with Crippen molar-refractivity contribution in [1.29, 1.82) is 5.26 Å². The predicted molar refractivity (Wildman–Crippen MR) is 61.1 cm³/mol. The molecule has 0 bridgehead atoms. The molecule has 0 aromatic heterocycles. The molecule has 0 aromatic carbocycles. The quantitative estimate of drug-likeness (QED) is 0.776. The molecule has 0 aromatic rings. The van der Waals surface area contributed by atoms with Crippen LogP contribution in [0.4, 0.5) is 0 Å². The average molecular weight is 209 g/mol. The molecule has 0 saturated heterocycles. The van der Waals surface area contributed by atoms with Crippen molar-refractivity contribution in [2.45, 2.75) is 58.5 Å². The fourth-order valence-electron chi connectivity index (χ4n) is 2.78. The van der Waals surface area contributed by atoms with Gasteiger partial charge in [-0.05, 0) is 38.0 Å². The van der Waals surface area contributed by atoms with Gasteiger partial charge in [-0.3, -0.25) is 0 Å². The number of rotatable bonds is 3. The van der Waals surface area contributed by atoms with Gasteiger partial charge in [0.05, 0.1) is 17.6 Å². The highest BCUT2D eigenvalue weighted by atomic mass is 16.3. The fourth-order valence-corrected chi connectivity index (χ4v) is 2.78. The molecular weight excluding hydrogens is 186 g/mol. The molecule has 1 aliphatic carbocycles. The number of hydrogen-bond acceptors (Lipinski definition) is 2. The summed E-state index contributed by atoms with van der Waals surface area (Å²) in [7, 11) is 0. The normalized spacial score (nSPS) is 33.7. The van der Waals surface area contributed by atoms with Crippen molar-refractivity contribution >= 4 is 0 Å². The Bertz CT molecular complexity index is 243. The minimum atomic E-state index is -0.716. The Morgan fingerprint density at radius 3 is 2.67 bits per heavy atom. The first-order valence-corrected chi connectivity index (χ1v) is 6.10. The van der Waals surface area contributed by atoms with E-state index in [2.05, 4.69) is 19.9 Å². The molecule has 0 radical (unpaired) electrons. The second-order valence-electron chi connectivity index (χ2n) is 5.55. The number of hydrogen-bond donors (Lipinski definition) is 1. The third-order valence-corrected chi connectivity index (χ3v) is 3.67. The first-order valence-electron chi connectivity index (χ1n) is 6.10. The molecule has 0 aliphatic heterocycles. The van der Waals surface area contributed by atoms with Crippen molar-refractivity contribution in [3.05, 3.63) is 0 Å².